The van der Waals surface area contributed by atoms with Gasteiger partial charge in [-0.1, -0.05) is 13.0 Å². The van der Waals surface area contributed by atoms with E-state index in [0.717, 1.165) is 37.3 Å². The van der Waals surface area contributed by atoms with Crippen molar-refractivity contribution >= 4 is 0 Å². The quantitative estimate of drug-likeness (QED) is 0.925. The van der Waals surface area contributed by atoms with Crippen molar-refractivity contribution < 1.29 is 4.74 Å². The fourth-order valence-electron chi connectivity index (χ4n) is 2.66. The van der Waals surface area contributed by atoms with Crippen molar-refractivity contribution in [2.24, 2.45) is 0 Å². The summed E-state index contributed by atoms with van der Waals surface area (Å²) in [4.78, 5) is 13.7. The molecule has 0 atom stereocenters. The third kappa shape index (κ3) is 3.03. The molecule has 0 saturated heterocycles. The molecule has 1 aliphatic heterocycles. The smallest absolute Gasteiger partial charge is 0.212 e. The zero-order valence-corrected chi connectivity index (χ0v) is 12.5. The predicted octanol–water partition coefficient (Wildman–Crippen LogP) is 1.68. The van der Waals surface area contributed by atoms with Gasteiger partial charge in [-0.05, 0) is 12.0 Å². The van der Waals surface area contributed by atoms with Gasteiger partial charge in [0.15, 0.2) is 0 Å². The van der Waals surface area contributed by atoms with Gasteiger partial charge < -0.3 is 10.1 Å². The SMILES string of the molecule is CCc1nc(Cc2ccc(OC)nc2)nc2c1CNCC2. The summed E-state index contributed by atoms with van der Waals surface area (Å²) in [5.74, 6) is 1.52. The van der Waals surface area contributed by atoms with Crippen molar-refractivity contribution in [3.05, 3.63) is 46.7 Å². The van der Waals surface area contributed by atoms with E-state index >= 15 is 0 Å². The predicted molar refractivity (Wildman–Crippen MR) is 80.4 cm³/mol. The topological polar surface area (TPSA) is 59.9 Å². The first-order chi connectivity index (χ1) is 10.3. The number of hydrogen-bond acceptors (Lipinski definition) is 5. The Labute approximate surface area is 124 Å². The van der Waals surface area contributed by atoms with Gasteiger partial charge in [-0.25, -0.2) is 15.0 Å². The second-order valence-electron chi connectivity index (χ2n) is 5.18. The molecule has 0 aliphatic carbocycles. The molecule has 3 rings (SSSR count). The third-order valence-electron chi connectivity index (χ3n) is 3.77. The van der Waals surface area contributed by atoms with Gasteiger partial charge in [0.25, 0.3) is 0 Å². The van der Waals surface area contributed by atoms with Crippen LogP contribution in [0.1, 0.15) is 35.3 Å². The van der Waals surface area contributed by atoms with Crippen LogP contribution in [0.15, 0.2) is 18.3 Å². The summed E-state index contributed by atoms with van der Waals surface area (Å²) >= 11 is 0. The van der Waals surface area contributed by atoms with Crippen LogP contribution in [0.5, 0.6) is 5.88 Å². The van der Waals surface area contributed by atoms with Crippen LogP contribution in [0.3, 0.4) is 0 Å². The molecule has 3 heterocycles. The number of rotatable bonds is 4. The van der Waals surface area contributed by atoms with Gasteiger partial charge in [-0.3, -0.25) is 0 Å². The lowest BCUT2D eigenvalue weighted by Gasteiger charge is -2.19. The van der Waals surface area contributed by atoms with Gasteiger partial charge in [0.1, 0.15) is 5.82 Å². The molecular weight excluding hydrogens is 264 g/mol. The van der Waals surface area contributed by atoms with Crippen molar-refractivity contribution in [3.8, 4) is 5.88 Å². The molecule has 2 aromatic rings. The minimum Gasteiger partial charge on any atom is -0.481 e. The molecule has 1 N–H and O–H groups in total. The van der Waals surface area contributed by atoms with Crippen molar-refractivity contribution in [2.75, 3.05) is 13.7 Å². The van der Waals surface area contributed by atoms with Crippen molar-refractivity contribution in [1.82, 2.24) is 20.3 Å². The molecule has 21 heavy (non-hydrogen) atoms. The summed E-state index contributed by atoms with van der Waals surface area (Å²) in [6.07, 6.45) is 4.47. The van der Waals surface area contributed by atoms with Crippen LogP contribution < -0.4 is 10.1 Å². The zero-order chi connectivity index (χ0) is 14.7. The summed E-state index contributed by atoms with van der Waals surface area (Å²) in [7, 11) is 1.62. The van der Waals surface area contributed by atoms with Gasteiger partial charge >= 0.3 is 0 Å². The molecule has 0 saturated carbocycles. The Morgan fingerprint density at radius 1 is 1.29 bits per heavy atom. The Morgan fingerprint density at radius 3 is 2.90 bits per heavy atom. The molecule has 0 radical (unpaired) electrons. The molecule has 0 amide bonds. The monoisotopic (exact) mass is 284 g/mol. The standard InChI is InChI=1S/C16H20N4O/c1-3-13-12-10-17-7-6-14(12)20-15(19-13)8-11-4-5-16(21-2)18-9-11/h4-5,9,17H,3,6-8,10H2,1-2H3. The van der Waals surface area contributed by atoms with E-state index in [4.69, 9.17) is 14.7 Å². The molecule has 0 bridgehead atoms. The van der Waals surface area contributed by atoms with Crippen molar-refractivity contribution in [3.63, 3.8) is 0 Å². The molecule has 2 aromatic heterocycles. The number of methoxy groups -OCH3 is 1. The van der Waals surface area contributed by atoms with Crippen molar-refractivity contribution in [2.45, 2.75) is 32.7 Å². The van der Waals surface area contributed by atoms with Gasteiger partial charge in [-0.15, -0.1) is 0 Å². The highest BCUT2D eigenvalue weighted by Gasteiger charge is 2.16. The van der Waals surface area contributed by atoms with Gasteiger partial charge in [0.05, 0.1) is 12.8 Å². The van der Waals surface area contributed by atoms with E-state index in [9.17, 15) is 0 Å². The van der Waals surface area contributed by atoms with Crippen LogP contribution in [0.25, 0.3) is 0 Å². The normalized spacial score (nSPS) is 13.8. The molecular formula is C16H20N4O. The van der Waals surface area contributed by atoms with Gasteiger partial charge in [-0.2, -0.15) is 0 Å². The number of aromatic nitrogens is 3. The van der Waals surface area contributed by atoms with Crippen LogP contribution in [0, 0.1) is 0 Å². The van der Waals surface area contributed by atoms with Crippen LogP contribution in [0.2, 0.25) is 0 Å². The Kier molecular flexibility index (Phi) is 4.10. The molecule has 1 aliphatic rings. The van der Waals surface area contributed by atoms with Crippen LogP contribution >= 0.6 is 0 Å². The minimum absolute atomic E-state index is 0.630. The highest BCUT2D eigenvalue weighted by molar-refractivity contribution is 5.30. The lowest BCUT2D eigenvalue weighted by Crippen LogP contribution is -2.27. The number of aryl methyl sites for hydroxylation is 1. The van der Waals surface area contributed by atoms with E-state index in [1.54, 1.807) is 7.11 Å². The maximum Gasteiger partial charge on any atom is 0.212 e. The average Bonchev–Trinajstić information content (AvgIpc) is 2.55. The van der Waals surface area contributed by atoms with Gasteiger partial charge in [0, 0.05) is 49.5 Å². The van der Waals surface area contributed by atoms with E-state index in [2.05, 4.69) is 17.2 Å². The highest BCUT2D eigenvalue weighted by atomic mass is 16.5. The van der Waals surface area contributed by atoms with Crippen LogP contribution in [0.4, 0.5) is 0 Å². The summed E-state index contributed by atoms with van der Waals surface area (Å²) in [5, 5.41) is 3.39. The van der Waals surface area contributed by atoms with Crippen molar-refractivity contribution in [1.29, 1.82) is 0 Å². The van der Waals surface area contributed by atoms with Crippen LogP contribution in [-0.4, -0.2) is 28.6 Å². The Hall–Kier alpha value is -2.01. The maximum atomic E-state index is 5.08. The van der Waals surface area contributed by atoms with E-state index < -0.39 is 0 Å². The number of fused-ring (bicyclic) bond motifs is 1. The molecule has 0 fully saturated rings. The summed E-state index contributed by atoms with van der Waals surface area (Å²) < 4.78 is 5.08. The summed E-state index contributed by atoms with van der Waals surface area (Å²) in [5.41, 5.74) is 4.77. The Bertz CT molecular complexity index is 608. The van der Waals surface area contributed by atoms with E-state index in [1.807, 2.05) is 18.3 Å². The minimum atomic E-state index is 0.630. The third-order valence-corrected chi connectivity index (χ3v) is 3.77. The molecule has 0 aromatic carbocycles. The number of hydrogen-bond donors (Lipinski definition) is 1. The zero-order valence-electron chi connectivity index (χ0n) is 12.5. The first-order valence-corrected chi connectivity index (χ1v) is 7.37. The number of nitrogens with zero attached hydrogens (tertiary/aromatic N) is 3. The van der Waals surface area contributed by atoms with E-state index in [0.29, 0.717) is 12.3 Å². The highest BCUT2D eigenvalue weighted by Crippen LogP contribution is 2.18. The first kappa shape index (κ1) is 13.9. The van der Waals surface area contributed by atoms with E-state index in [1.165, 1.54) is 17.0 Å². The first-order valence-electron chi connectivity index (χ1n) is 7.37. The van der Waals surface area contributed by atoms with E-state index in [-0.39, 0.29) is 0 Å². The lowest BCUT2D eigenvalue weighted by molar-refractivity contribution is 0.397. The van der Waals surface area contributed by atoms with Gasteiger partial charge in [0.2, 0.25) is 5.88 Å². The molecule has 5 heteroatoms. The molecule has 0 spiro atoms. The average molecular weight is 284 g/mol. The number of nitrogens with one attached hydrogen (secondary N) is 1. The molecule has 110 valence electrons. The lowest BCUT2D eigenvalue weighted by atomic mass is 10.0. The largest absolute Gasteiger partial charge is 0.481 e. The second-order valence-corrected chi connectivity index (χ2v) is 5.18. The molecule has 0 unspecified atom stereocenters. The second kappa shape index (κ2) is 6.18. The summed E-state index contributed by atoms with van der Waals surface area (Å²) in [6.45, 7) is 4.04. The van der Waals surface area contributed by atoms with Crippen LogP contribution in [-0.2, 0) is 25.8 Å². The Morgan fingerprint density at radius 2 is 2.19 bits per heavy atom. The molecule has 5 nitrogen and oxygen atoms in total. The summed E-state index contributed by atoms with van der Waals surface area (Å²) in [6, 6.07) is 3.89. The number of ether oxygens (including phenoxy) is 1. The fourth-order valence-corrected chi connectivity index (χ4v) is 2.66. The fraction of sp³-hybridized carbons (Fsp3) is 0.438. The number of pyridine rings is 1. The maximum absolute atomic E-state index is 5.08. The Balaban J connectivity index is 1.87.